The number of fused-ring (bicyclic) bond motifs is 1. The lowest BCUT2D eigenvalue weighted by Gasteiger charge is -2.07. The van der Waals surface area contributed by atoms with Crippen LogP contribution in [0.25, 0.3) is 11.6 Å². The molecule has 3 rings (SSSR count). The molecule has 3 aromatic heterocycles. The lowest BCUT2D eigenvalue weighted by molar-refractivity contribution is 0.837. The monoisotopic (exact) mass is 248 g/mol. The molecule has 0 spiro atoms. The molecule has 0 aliphatic heterocycles. The topological polar surface area (TPSA) is 60.9 Å². The van der Waals surface area contributed by atoms with Crippen LogP contribution in [-0.4, -0.2) is 29.1 Å². The SMILES string of the molecule is Cc1ncn(-c2cc(Cl)nc3ncnn23)c1C. The number of aromatic nitrogens is 6. The summed E-state index contributed by atoms with van der Waals surface area (Å²) in [6.07, 6.45) is 3.18. The Morgan fingerprint density at radius 3 is 2.76 bits per heavy atom. The molecule has 0 saturated heterocycles. The van der Waals surface area contributed by atoms with Crippen LogP contribution < -0.4 is 0 Å². The van der Waals surface area contributed by atoms with Crippen LogP contribution in [0.1, 0.15) is 11.4 Å². The number of aryl methyl sites for hydroxylation is 1. The van der Waals surface area contributed by atoms with Gasteiger partial charge >= 0.3 is 0 Å². The van der Waals surface area contributed by atoms with E-state index in [4.69, 9.17) is 11.6 Å². The van der Waals surface area contributed by atoms with Crippen LogP contribution in [0.15, 0.2) is 18.7 Å². The van der Waals surface area contributed by atoms with Crippen LogP contribution in [0.5, 0.6) is 0 Å². The Bertz CT molecular complexity index is 698. The van der Waals surface area contributed by atoms with Gasteiger partial charge < -0.3 is 0 Å². The van der Waals surface area contributed by atoms with E-state index >= 15 is 0 Å². The zero-order valence-electron chi connectivity index (χ0n) is 9.29. The fraction of sp³-hybridized carbons (Fsp3) is 0.200. The van der Waals surface area contributed by atoms with Crippen LogP contribution in [0.3, 0.4) is 0 Å². The van der Waals surface area contributed by atoms with Crippen molar-refractivity contribution in [1.82, 2.24) is 29.1 Å². The first-order chi connectivity index (χ1) is 8.16. The molecular weight excluding hydrogens is 240 g/mol. The minimum atomic E-state index is 0.381. The average Bonchev–Trinajstić information content (AvgIpc) is 2.87. The van der Waals surface area contributed by atoms with Crippen molar-refractivity contribution in [3.63, 3.8) is 0 Å². The lowest BCUT2D eigenvalue weighted by atomic mass is 10.4. The highest BCUT2D eigenvalue weighted by molar-refractivity contribution is 6.29. The molecule has 0 atom stereocenters. The Kier molecular flexibility index (Phi) is 2.12. The summed E-state index contributed by atoms with van der Waals surface area (Å²) < 4.78 is 3.53. The van der Waals surface area contributed by atoms with Gasteiger partial charge in [-0.25, -0.2) is 4.98 Å². The van der Waals surface area contributed by atoms with E-state index in [-0.39, 0.29) is 0 Å². The number of halogens is 1. The van der Waals surface area contributed by atoms with E-state index in [0.717, 1.165) is 17.2 Å². The first-order valence-corrected chi connectivity index (χ1v) is 5.42. The van der Waals surface area contributed by atoms with Gasteiger partial charge in [0.2, 0.25) is 0 Å². The molecule has 0 aliphatic carbocycles. The fourth-order valence-electron chi connectivity index (χ4n) is 1.67. The molecule has 0 bridgehead atoms. The Morgan fingerprint density at radius 2 is 2.06 bits per heavy atom. The second-order valence-corrected chi connectivity index (χ2v) is 4.08. The van der Waals surface area contributed by atoms with E-state index in [0.29, 0.717) is 10.9 Å². The third kappa shape index (κ3) is 1.49. The van der Waals surface area contributed by atoms with Crippen molar-refractivity contribution in [2.24, 2.45) is 0 Å². The molecule has 0 N–H and O–H groups in total. The van der Waals surface area contributed by atoms with Crippen LogP contribution in [0.4, 0.5) is 0 Å². The number of rotatable bonds is 1. The molecule has 0 unspecified atom stereocenters. The molecule has 3 heterocycles. The van der Waals surface area contributed by atoms with Crippen LogP contribution in [0.2, 0.25) is 5.15 Å². The van der Waals surface area contributed by atoms with Crippen LogP contribution in [0, 0.1) is 13.8 Å². The smallest absolute Gasteiger partial charge is 0.255 e. The summed E-state index contributed by atoms with van der Waals surface area (Å²) >= 11 is 5.96. The van der Waals surface area contributed by atoms with Crippen molar-refractivity contribution in [2.75, 3.05) is 0 Å². The summed E-state index contributed by atoms with van der Waals surface area (Å²) in [6, 6.07) is 1.73. The van der Waals surface area contributed by atoms with E-state index in [1.807, 2.05) is 18.4 Å². The van der Waals surface area contributed by atoms with Crippen LogP contribution in [-0.2, 0) is 0 Å². The lowest BCUT2D eigenvalue weighted by Crippen LogP contribution is -2.05. The maximum Gasteiger partial charge on any atom is 0.255 e. The Balaban J connectivity index is 2.36. The Morgan fingerprint density at radius 1 is 1.24 bits per heavy atom. The highest BCUT2D eigenvalue weighted by Gasteiger charge is 2.11. The molecule has 3 aromatic rings. The second kappa shape index (κ2) is 3.53. The molecule has 86 valence electrons. The summed E-state index contributed by atoms with van der Waals surface area (Å²) in [5.41, 5.74) is 2.00. The number of imidazole rings is 1. The number of hydrogen-bond donors (Lipinski definition) is 0. The van der Waals surface area contributed by atoms with Gasteiger partial charge in [0.15, 0.2) is 0 Å². The summed E-state index contributed by atoms with van der Waals surface area (Å²) in [7, 11) is 0. The molecule has 0 saturated carbocycles. The molecule has 17 heavy (non-hydrogen) atoms. The molecule has 0 radical (unpaired) electrons. The molecular formula is C10H9ClN6. The van der Waals surface area contributed by atoms with E-state index in [1.165, 1.54) is 6.33 Å². The minimum absolute atomic E-state index is 0.381. The zero-order valence-corrected chi connectivity index (χ0v) is 10.0. The minimum Gasteiger partial charge on any atom is -0.287 e. The van der Waals surface area contributed by atoms with E-state index < -0.39 is 0 Å². The highest BCUT2D eigenvalue weighted by Crippen LogP contribution is 2.17. The van der Waals surface area contributed by atoms with Gasteiger partial charge in [-0.05, 0) is 13.8 Å². The molecule has 0 aliphatic rings. The van der Waals surface area contributed by atoms with Crippen molar-refractivity contribution in [2.45, 2.75) is 13.8 Å². The average molecular weight is 249 g/mol. The Labute approximate surface area is 102 Å². The van der Waals surface area contributed by atoms with Crippen LogP contribution >= 0.6 is 11.6 Å². The number of hydrogen-bond acceptors (Lipinski definition) is 4. The van der Waals surface area contributed by atoms with Crippen molar-refractivity contribution >= 4 is 17.4 Å². The summed E-state index contributed by atoms with van der Waals surface area (Å²) in [5.74, 6) is 1.24. The standard InChI is InChI=1S/C10H9ClN6/c1-6-7(2)16(5-13-6)9-3-8(11)15-10-12-4-14-17(9)10/h3-5H,1-2H3. The van der Waals surface area contributed by atoms with Gasteiger partial charge in [-0.1, -0.05) is 11.6 Å². The second-order valence-electron chi connectivity index (χ2n) is 3.69. The van der Waals surface area contributed by atoms with Crippen molar-refractivity contribution in [3.8, 4) is 5.82 Å². The molecule has 0 aromatic carbocycles. The summed E-state index contributed by atoms with van der Waals surface area (Å²) in [6.45, 7) is 3.94. The first-order valence-electron chi connectivity index (χ1n) is 5.04. The molecule has 0 fully saturated rings. The largest absolute Gasteiger partial charge is 0.287 e. The predicted octanol–water partition coefficient (Wildman–Crippen LogP) is 1.58. The van der Waals surface area contributed by atoms with Gasteiger partial charge in [-0.2, -0.15) is 19.6 Å². The molecule has 0 amide bonds. The van der Waals surface area contributed by atoms with Crippen molar-refractivity contribution in [3.05, 3.63) is 35.3 Å². The fourth-order valence-corrected chi connectivity index (χ4v) is 1.84. The predicted molar refractivity (Wildman–Crippen MR) is 62.4 cm³/mol. The van der Waals surface area contributed by atoms with E-state index in [2.05, 4.69) is 20.1 Å². The van der Waals surface area contributed by atoms with Gasteiger partial charge in [-0.3, -0.25) is 4.57 Å². The van der Waals surface area contributed by atoms with E-state index in [9.17, 15) is 0 Å². The molecule has 6 nitrogen and oxygen atoms in total. The quantitative estimate of drug-likeness (QED) is 0.614. The summed E-state index contributed by atoms with van der Waals surface area (Å²) in [5, 5.41) is 4.50. The van der Waals surface area contributed by atoms with Gasteiger partial charge in [0.25, 0.3) is 5.78 Å². The number of nitrogens with zero attached hydrogens (tertiary/aromatic N) is 6. The van der Waals surface area contributed by atoms with Gasteiger partial charge in [0, 0.05) is 11.8 Å². The third-order valence-electron chi connectivity index (χ3n) is 2.70. The highest BCUT2D eigenvalue weighted by atomic mass is 35.5. The van der Waals surface area contributed by atoms with E-state index in [1.54, 1.807) is 16.9 Å². The van der Waals surface area contributed by atoms with Crippen molar-refractivity contribution < 1.29 is 0 Å². The maximum absolute atomic E-state index is 5.96. The van der Waals surface area contributed by atoms with Gasteiger partial charge in [0.1, 0.15) is 23.6 Å². The first kappa shape index (κ1) is 10.2. The van der Waals surface area contributed by atoms with Gasteiger partial charge in [-0.15, -0.1) is 0 Å². The van der Waals surface area contributed by atoms with Gasteiger partial charge in [0.05, 0.1) is 5.69 Å². The summed E-state index contributed by atoms with van der Waals surface area (Å²) in [4.78, 5) is 12.4. The molecule has 7 heteroatoms. The zero-order chi connectivity index (χ0) is 12.0. The normalized spacial score (nSPS) is 11.2. The Hall–Kier alpha value is -1.95. The maximum atomic E-state index is 5.96. The third-order valence-corrected chi connectivity index (χ3v) is 2.89. The van der Waals surface area contributed by atoms with Crippen molar-refractivity contribution in [1.29, 1.82) is 0 Å².